The molecule has 29 heavy (non-hydrogen) atoms. The standard InChI is InChI=1S/C20H24IN3O4S/c1-20(2,3)23-19(26)16-7-5-6-8-17(16)22-18(25)13-24(29(4,27)28)15-11-9-14(21)10-12-15/h5-12H,13H2,1-4H3,(H,22,25)(H,23,26). The highest BCUT2D eigenvalue weighted by Crippen LogP contribution is 2.20. The van der Waals surface area contributed by atoms with Gasteiger partial charge in [-0.1, -0.05) is 12.1 Å². The van der Waals surface area contributed by atoms with Gasteiger partial charge in [0.25, 0.3) is 5.91 Å². The third-order valence-corrected chi connectivity index (χ3v) is 5.60. The van der Waals surface area contributed by atoms with Crippen molar-refractivity contribution in [3.05, 3.63) is 57.7 Å². The van der Waals surface area contributed by atoms with E-state index >= 15 is 0 Å². The Bertz CT molecular complexity index is 999. The number of amides is 2. The number of carbonyl (C=O) groups excluding carboxylic acids is 2. The van der Waals surface area contributed by atoms with Crippen LogP contribution in [0, 0.1) is 3.57 Å². The zero-order chi connectivity index (χ0) is 21.8. The van der Waals surface area contributed by atoms with Crippen LogP contribution in [0.2, 0.25) is 0 Å². The fraction of sp³-hybridized carbons (Fsp3) is 0.300. The first-order chi connectivity index (χ1) is 13.4. The van der Waals surface area contributed by atoms with Crippen molar-refractivity contribution in [1.82, 2.24) is 5.32 Å². The van der Waals surface area contributed by atoms with E-state index in [1.807, 2.05) is 20.8 Å². The SMILES string of the molecule is CC(C)(C)NC(=O)c1ccccc1NC(=O)CN(c1ccc(I)cc1)S(C)(=O)=O. The second-order valence-electron chi connectivity index (χ2n) is 7.54. The molecule has 0 aliphatic carbocycles. The molecule has 0 heterocycles. The summed E-state index contributed by atoms with van der Waals surface area (Å²) in [6, 6.07) is 13.4. The van der Waals surface area contributed by atoms with Gasteiger partial charge in [0, 0.05) is 9.11 Å². The Morgan fingerprint density at radius 3 is 2.17 bits per heavy atom. The summed E-state index contributed by atoms with van der Waals surface area (Å²) in [7, 11) is -3.68. The fourth-order valence-electron chi connectivity index (χ4n) is 2.53. The van der Waals surface area contributed by atoms with Gasteiger partial charge in [0.15, 0.2) is 0 Å². The van der Waals surface area contributed by atoms with Crippen LogP contribution in [-0.4, -0.2) is 38.6 Å². The van der Waals surface area contributed by atoms with Gasteiger partial charge in [0.05, 0.1) is 23.2 Å². The van der Waals surface area contributed by atoms with Crippen molar-refractivity contribution in [3.8, 4) is 0 Å². The van der Waals surface area contributed by atoms with Crippen molar-refractivity contribution in [2.45, 2.75) is 26.3 Å². The molecule has 0 atom stereocenters. The van der Waals surface area contributed by atoms with Crippen LogP contribution < -0.4 is 14.9 Å². The van der Waals surface area contributed by atoms with Crippen LogP contribution in [0.4, 0.5) is 11.4 Å². The Kier molecular flexibility index (Phi) is 7.28. The summed E-state index contributed by atoms with van der Waals surface area (Å²) in [5.74, 6) is -0.879. The van der Waals surface area contributed by atoms with Gasteiger partial charge in [-0.3, -0.25) is 13.9 Å². The first-order valence-electron chi connectivity index (χ1n) is 8.81. The van der Waals surface area contributed by atoms with Gasteiger partial charge in [-0.05, 0) is 79.8 Å². The zero-order valence-corrected chi connectivity index (χ0v) is 19.7. The highest BCUT2D eigenvalue weighted by molar-refractivity contribution is 14.1. The maximum Gasteiger partial charge on any atom is 0.253 e. The molecule has 7 nitrogen and oxygen atoms in total. The molecular weight excluding hydrogens is 505 g/mol. The highest BCUT2D eigenvalue weighted by Gasteiger charge is 2.23. The molecule has 0 saturated carbocycles. The summed E-state index contributed by atoms with van der Waals surface area (Å²) in [4.78, 5) is 25.1. The Morgan fingerprint density at radius 2 is 1.62 bits per heavy atom. The number of halogens is 1. The topological polar surface area (TPSA) is 95.6 Å². The van der Waals surface area contributed by atoms with Crippen LogP contribution in [0.15, 0.2) is 48.5 Å². The summed E-state index contributed by atoms with van der Waals surface area (Å²) in [5.41, 5.74) is 0.569. The summed E-state index contributed by atoms with van der Waals surface area (Å²) in [6.45, 7) is 5.17. The fourth-order valence-corrected chi connectivity index (χ4v) is 3.74. The summed E-state index contributed by atoms with van der Waals surface area (Å²) < 4.78 is 26.4. The number of carbonyl (C=O) groups is 2. The number of hydrogen-bond donors (Lipinski definition) is 2. The predicted molar refractivity (Wildman–Crippen MR) is 124 cm³/mol. The number of nitrogens with zero attached hydrogens (tertiary/aromatic N) is 1. The van der Waals surface area contributed by atoms with E-state index in [1.54, 1.807) is 48.5 Å². The van der Waals surface area contributed by atoms with E-state index in [0.717, 1.165) is 14.1 Å². The Labute approximate surface area is 185 Å². The maximum atomic E-state index is 12.6. The van der Waals surface area contributed by atoms with Crippen LogP contribution in [0.1, 0.15) is 31.1 Å². The molecule has 156 valence electrons. The lowest BCUT2D eigenvalue weighted by Crippen LogP contribution is -2.41. The molecule has 0 aromatic heterocycles. The van der Waals surface area contributed by atoms with Gasteiger partial charge < -0.3 is 10.6 Å². The number of anilines is 2. The lowest BCUT2D eigenvalue weighted by atomic mass is 10.1. The third-order valence-electron chi connectivity index (χ3n) is 3.74. The van der Waals surface area contributed by atoms with Gasteiger partial charge >= 0.3 is 0 Å². The van der Waals surface area contributed by atoms with Gasteiger partial charge in [-0.25, -0.2) is 8.42 Å². The first kappa shape index (κ1) is 23.1. The van der Waals surface area contributed by atoms with E-state index in [1.165, 1.54) is 0 Å². The average Bonchev–Trinajstić information content (AvgIpc) is 2.58. The number of sulfonamides is 1. The summed E-state index contributed by atoms with van der Waals surface area (Å²) in [5, 5.41) is 5.50. The normalized spacial score (nSPS) is 11.6. The van der Waals surface area contributed by atoms with E-state index in [4.69, 9.17) is 0 Å². The Hall–Kier alpha value is -2.14. The number of rotatable bonds is 6. The lowest BCUT2D eigenvalue weighted by molar-refractivity contribution is -0.114. The van der Waals surface area contributed by atoms with E-state index in [-0.39, 0.29) is 5.91 Å². The van der Waals surface area contributed by atoms with Gasteiger partial charge in [-0.15, -0.1) is 0 Å². The van der Waals surface area contributed by atoms with Crippen molar-refractivity contribution < 1.29 is 18.0 Å². The second-order valence-corrected chi connectivity index (χ2v) is 10.7. The Morgan fingerprint density at radius 1 is 1.03 bits per heavy atom. The molecule has 2 aromatic rings. The highest BCUT2D eigenvalue weighted by atomic mass is 127. The molecule has 0 radical (unpaired) electrons. The molecule has 0 spiro atoms. The number of nitrogens with one attached hydrogen (secondary N) is 2. The zero-order valence-electron chi connectivity index (χ0n) is 16.7. The number of para-hydroxylation sites is 1. The number of benzene rings is 2. The van der Waals surface area contributed by atoms with Crippen LogP contribution >= 0.6 is 22.6 Å². The molecule has 0 aliphatic rings. The summed E-state index contributed by atoms with van der Waals surface area (Å²) >= 11 is 2.11. The minimum absolute atomic E-state index is 0.302. The van der Waals surface area contributed by atoms with Crippen molar-refractivity contribution in [2.75, 3.05) is 22.4 Å². The van der Waals surface area contributed by atoms with E-state index in [9.17, 15) is 18.0 Å². The van der Waals surface area contributed by atoms with Crippen LogP contribution in [0.25, 0.3) is 0 Å². The molecule has 9 heteroatoms. The second kappa shape index (κ2) is 9.12. The first-order valence-corrected chi connectivity index (χ1v) is 11.7. The molecule has 0 bridgehead atoms. The van der Waals surface area contributed by atoms with Crippen LogP contribution in [0.5, 0.6) is 0 Å². The monoisotopic (exact) mass is 529 g/mol. The van der Waals surface area contributed by atoms with Crippen molar-refractivity contribution in [3.63, 3.8) is 0 Å². The van der Waals surface area contributed by atoms with Gasteiger partial charge in [0.2, 0.25) is 15.9 Å². The minimum Gasteiger partial charge on any atom is -0.347 e. The van der Waals surface area contributed by atoms with Gasteiger partial charge in [-0.2, -0.15) is 0 Å². The third kappa shape index (κ3) is 7.00. The maximum absolute atomic E-state index is 12.6. The molecule has 2 amide bonds. The summed E-state index contributed by atoms with van der Waals surface area (Å²) in [6.07, 6.45) is 1.04. The molecular formula is C20H24IN3O4S. The predicted octanol–water partition coefficient (Wildman–Crippen LogP) is 3.22. The number of hydrogen-bond acceptors (Lipinski definition) is 4. The molecule has 0 aliphatic heterocycles. The Balaban J connectivity index is 2.23. The molecule has 0 fully saturated rings. The average molecular weight is 529 g/mol. The molecule has 2 aromatic carbocycles. The van der Waals surface area contributed by atoms with Crippen LogP contribution in [-0.2, 0) is 14.8 Å². The van der Waals surface area contributed by atoms with E-state index in [0.29, 0.717) is 16.9 Å². The van der Waals surface area contributed by atoms with E-state index in [2.05, 4.69) is 33.2 Å². The van der Waals surface area contributed by atoms with Crippen LogP contribution in [0.3, 0.4) is 0 Å². The van der Waals surface area contributed by atoms with Crippen molar-refractivity contribution in [1.29, 1.82) is 0 Å². The molecule has 2 N–H and O–H groups in total. The van der Waals surface area contributed by atoms with Crippen molar-refractivity contribution in [2.24, 2.45) is 0 Å². The molecule has 0 saturated heterocycles. The van der Waals surface area contributed by atoms with Crippen molar-refractivity contribution >= 4 is 55.8 Å². The lowest BCUT2D eigenvalue weighted by Gasteiger charge is -2.23. The molecule has 2 rings (SSSR count). The quantitative estimate of drug-likeness (QED) is 0.562. The van der Waals surface area contributed by atoms with E-state index < -0.39 is 28.0 Å². The van der Waals surface area contributed by atoms with Gasteiger partial charge in [0.1, 0.15) is 6.54 Å². The smallest absolute Gasteiger partial charge is 0.253 e. The molecule has 0 unspecified atom stereocenters. The largest absolute Gasteiger partial charge is 0.347 e. The minimum atomic E-state index is -3.68.